The number of fused-ring (bicyclic) bond motifs is 2. The molecule has 51 heavy (non-hydrogen) atoms. The second-order valence-electron chi connectivity index (χ2n) is 15.8. The number of Topliss-reactive ketones (excluding diaryl/α,β-unsaturated/α-hetero) is 1. The minimum absolute atomic E-state index is 0.0558. The summed E-state index contributed by atoms with van der Waals surface area (Å²) >= 11 is 0. The van der Waals surface area contributed by atoms with Crippen LogP contribution in [0.2, 0.25) is 0 Å². The van der Waals surface area contributed by atoms with E-state index in [0.29, 0.717) is 25.8 Å². The van der Waals surface area contributed by atoms with Crippen LogP contribution in [0, 0.1) is 28.6 Å². The summed E-state index contributed by atoms with van der Waals surface area (Å²) < 4.78 is 5.27. The Kier molecular flexibility index (Phi) is 12.6. The smallest absolute Gasteiger partial charge is 0.406 e. The van der Waals surface area contributed by atoms with Gasteiger partial charge in [-0.2, -0.15) is 0 Å². The average Bonchev–Trinajstić information content (AvgIpc) is 3.44. The summed E-state index contributed by atoms with van der Waals surface area (Å²) in [6.07, 6.45) is 3.62. The number of hydrogen-bond acceptors (Lipinski definition) is 7. The van der Waals surface area contributed by atoms with E-state index in [2.05, 4.69) is 47.0 Å². The van der Waals surface area contributed by atoms with Crippen LogP contribution < -0.4 is 26.6 Å². The van der Waals surface area contributed by atoms with E-state index >= 15 is 0 Å². The molecule has 5 N–H and O–H groups in total. The predicted octanol–water partition coefficient (Wildman–Crippen LogP) is 2.87. The Labute approximate surface area is 301 Å². The molecule has 1 aromatic carbocycles. The Hall–Kier alpha value is -4.42. The number of carbonyl (C=O) groups excluding carboxylic acids is 6. The van der Waals surface area contributed by atoms with Crippen molar-refractivity contribution >= 4 is 35.6 Å². The van der Waals surface area contributed by atoms with Crippen LogP contribution in [0.25, 0.3) is 0 Å². The second kappa shape index (κ2) is 16.3. The van der Waals surface area contributed by atoms with E-state index in [1.165, 1.54) is 13.1 Å². The summed E-state index contributed by atoms with van der Waals surface area (Å²) in [6, 6.07) is 3.86. The summed E-state index contributed by atoms with van der Waals surface area (Å²) in [5.74, 6) is -2.78. The van der Waals surface area contributed by atoms with Crippen LogP contribution in [-0.4, -0.2) is 91.4 Å². The Balaban J connectivity index is 1.60. The van der Waals surface area contributed by atoms with E-state index in [-0.39, 0.29) is 48.6 Å². The van der Waals surface area contributed by atoms with Gasteiger partial charge in [0, 0.05) is 20.1 Å². The minimum Gasteiger partial charge on any atom is -0.447 e. The zero-order chi connectivity index (χ0) is 37.7. The van der Waals surface area contributed by atoms with Gasteiger partial charge in [0.2, 0.25) is 17.6 Å². The normalized spacial score (nSPS) is 21.9. The third-order valence-electron chi connectivity index (χ3n) is 10.9. The van der Waals surface area contributed by atoms with Gasteiger partial charge in [0.05, 0.1) is 12.1 Å². The van der Waals surface area contributed by atoms with Crippen molar-refractivity contribution in [2.75, 3.05) is 26.7 Å². The molecule has 280 valence electrons. The average molecular weight is 709 g/mol. The number of hydrogen-bond donors (Lipinski definition) is 5. The van der Waals surface area contributed by atoms with Crippen molar-refractivity contribution in [1.82, 2.24) is 31.5 Å². The molecule has 3 aliphatic rings. The zero-order valence-electron chi connectivity index (χ0n) is 31.1. The van der Waals surface area contributed by atoms with Crippen LogP contribution in [0.15, 0.2) is 36.9 Å². The number of benzene rings is 1. The number of nitrogens with zero attached hydrogens (tertiary/aromatic N) is 1. The number of rotatable bonds is 15. The standard InChI is InChI=1S/C38H56N6O7/c1-9-11-16-26(31(45)33(47)40-17-10-2)41-32(46)30-28-25(38(28,6)7)20-44(30)34(48)29(24-18-22-14-12-13-15-23(22)19-24)43-35(49)42-27(37(3,4)5)21-51-36(50)39-8/h10,12-15,24-30H,2,9,11,16-21H2,1,3-8H3,(H,39,50)(H,40,47)(H,41,46)(H2,42,43,49)/t25?,26?,27-,28?,29+,30+/m1/s1. The maximum atomic E-state index is 14.8. The van der Waals surface area contributed by atoms with Crippen molar-refractivity contribution in [3.05, 3.63) is 48.0 Å². The van der Waals surface area contributed by atoms with Crippen molar-refractivity contribution in [3.8, 4) is 0 Å². The molecule has 1 heterocycles. The van der Waals surface area contributed by atoms with Crippen LogP contribution in [-0.2, 0) is 36.8 Å². The van der Waals surface area contributed by atoms with E-state index in [0.717, 1.165) is 17.5 Å². The lowest BCUT2D eigenvalue weighted by Gasteiger charge is -2.36. The highest BCUT2D eigenvalue weighted by Gasteiger charge is 2.69. The molecule has 0 spiro atoms. The molecule has 1 saturated carbocycles. The molecule has 0 radical (unpaired) electrons. The first-order valence-electron chi connectivity index (χ1n) is 18.1. The molecular formula is C38H56N6O7. The highest BCUT2D eigenvalue weighted by molar-refractivity contribution is 6.38. The van der Waals surface area contributed by atoms with Crippen molar-refractivity contribution in [3.63, 3.8) is 0 Å². The Morgan fingerprint density at radius 2 is 1.69 bits per heavy atom. The van der Waals surface area contributed by atoms with Gasteiger partial charge in [-0.05, 0) is 59.0 Å². The maximum absolute atomic E-state index is 14.8. The highest BCUT2D eigenvalue weighted by Crippen LogP contribution is 2.65. The molecular weight excluding hydrogens is 652 g/mol. The fourth-order valence-corrected chi connectivity index (χ4v) is 7.63. The van der Waals surface area contributed by atoms with Gasteiger partial charge in [-0.3, -0.25) is 19.2 Å². The highest BCUT2D eigenvalue weighted by atomic mass is 16.5. The van der Waals surface area contributed by atoms with Crippen LogP contribution in [0.1, 0.15) is 71.9 Å². The molecule has 3 unspecified atom stereocenters. The quantitative estimate of drug-likeness (QED) is 0.138. The monoisotopic (exact) mass is 708 g/mol. The van der Waals surface area contributed by atoms with Crippen LogP contribution >= 0.6 is 0 Å². The fraction of sp³-hybridized carbons (Fsp3) is 0.632. The van der Waals surface area contributed by atoms with Gasteiger partial charge >= 0.3 is 12.1 Å². The molecule has 13 heteroatoms. The predicted molar refractivity (Wildman–Crippen MR) is 192 cm³/mol. The van der Waals surface area contributed by atoms with Crippen LogP contribution in [0.4, 0.5) is 9.59 Å². The molecule has 4 rings (SSSR count). The molecule has 0 aromatic heterocycles. The number of carbonyl (C=O) groups is 6. The van der Waals surface area contributed by atoms with Gasteiger partial charge in [0.1, 0.15) is 18.7 Å². The lowest BCUT2D eigenvalue weighted by atomic mass is 9.87. The number of amides is 6. The van der Waals surface area contributed by atoms with Crippen LogP contribution in [0.3, 0.4) is 0 Å². The van der Waals surface area contributed by atoms with E-state index < -0.39 is 59.3 Å². The summed E-state index contributed by atoms with van der Waals surface area (Å²) in [5.41, 5.74) is 1.49. The summed E-state index contributed by atoms with van der Waals surface area (Å²) in [7, 11) is 1.45. The number of nitrogens with one attached hydrogen (secondary N) is 5. The number of piperidine rings is 1. The number of ketones is 1. The molecule has 2 aliphatic carbocycles. The largest absolute Gasteiger partial charge is 0.447 e. The number of ether oxygens (including phenoxy) is 1. The van der Waals surface area contributed by atoms with Gasteiger partial charge in [-0.1, -0.05) is 84.7 Å². The lowest BCUT2D eigenvalue weighted by Crippen LogP contribution is -2.61. The lowest BCUT2D eigenvalue weighted by molar-refractivity contribution is -0.144. The summed E-state index contributed by atoms with van der Waals surface area (Å²) in [6.45, 7) is 15.7. The number of urea groups is 1. The molecule has 13 nitrogen and oxygen atoms in total. The summed E-state index contributed by atoms with van der Waals surface area (Å²) in [4.78, 5) is 81.9. The van der Waals surface area contributed by atoms with Crippen LogP contribution in [0.5, 0.6) is 0 Å². The van der Waals surface area contributed by atoms with Gasteiger partial charge in [-0.25, -0.2) is 9.59 Å². The molecule has 6 amide bonds. The fourth-order valence-electron chi connectivity index (χ4n) is 7.63. The SMILES string of the molecule is C=CCNC(=O)C(=O)C(CCCC)NC(=O)[C@@H]1C2C(CN1C(=O)[C@@H](NC(=O)N[C@H](COC(=O)NC)C(C)(C)C)C1Cc3ccccc3C1)C2(C)C. The topological polar surface area (TPSA) is 175 Å². The van der Waals surface area contributed by atoms with Gasteiger partial charge < -0.3 is 36.2 Å². The van der Waals surface area contributed by atoms with E-state index in [4.69, 9.17) is 4.74 Å². The molecule has 0 bridgehead atoms. The van der Waals surface area contributed by atoms with Gasteiger partial charge in [0.25, 0.3) is 5.91 Å². The number of alkyl carbamates (subject to hydrolysis) is 1. The molecule has 6 atom stereocenters. The van der Waals surface area contributed by atoms with Crippen molar-refractivity contribution in [2.24, 2.45) is 28.6 Å². The minimum atomic E-state index is -1.05. The van der Waals surface area contributed by atoms with Crippen molar-refractivity contribution < 1.29 is 33.5 Å². The van der Waals surface area contributed by atoms with E-state index in [9.17, 15) is 28.8 Å². The van der Waals surface area contributed by atoms with Crippen molar-refractivity contribution in [1.29, 1.82) is 0 Å². The molecule has 2 fully saturated rings. The van der Waals surface area contributed by atoms with E-state index in [1.54, 1.807) is 4.90 Å². The van der Waals surface area contributed by atoms with Crippen molar-refractivity contribution in [2.45, 2.75) is 97.8 Å². The first kappa shape index (κ1) is 39.4. The third-order valence-corrected chi connectivity index (χ3v) is 10.9. The molecule has 1 saturated heterocycles. The number of unbranched alkanes of at least 4 members (excludes halogenated alkanes) is 1. The second-order valence-corrected chi connectivity index (χ2v) is 15.8. The zero-order valence-corrected chi connectivity index (χ0v) is 31.1. The van der Waals surface area contributed by atoms with Gasteiger partial charge in [0.15, 0.2) is 0 Å². The summed E-state index contributed by atoms with van der Waals surface area (Å²) in [5, 5.41) is 13.6. The molecule has 1 aliphatic heterocycles. The third kappa shape index (κ3) is 9.09. The maximum Gasteiger partial charge on any atom is 0.406 e. The first-order valence-corrected chi connectivity index (χ1v) is 18.1. The Bertz CT molecular complexity index is 1480. The van der Waals surface area contributed by atoms with E-state index in [1.807, 2.05) is 52.0 Å². The Morgan fingerprint density at radius 3 is 2.25 bits per heavy atom. The first-order chi connectivity index (χ1) is 24.0. The molecule has 1 aromatic rings. The Morgan fingerprint density at radius 1 is 1.04 bits per heavy atom. The van der Waals surface area contributed by atoms with Gasteiger partial charge in [-0.15, -0.1) is 6.58 Å². The number of likely N-dealkylation sites (tertiary alicyclic amines) is 1.